The summed E-state index contributed by atoms with van der Waals surface area (Å²) in [4.78, 5) is 0. The molecule has 1 aromatic carbocycles. The van der Waals surface area contributed by atoms with Gasteiger partial charge in [-0.1, -0.05) is 11.6 Å². The van der Waals surface area contributed by atoms with Crippen LogP contribution in [0.1, 0.15) is 37.7 Å². The highest BCUT2D eigenvalue weighted by atomic mass is 79.9. The van der Waals surface area contributed by atoms with Crippen LogP contribution < -0.4 is 10.5 Å². The third-order valence-electron chi connectivity index (χ3n) is 3.28. The van der Waals surface area contributed by atoms with Gasteiger partial charge in [-0.3, -0.25) is 0 Å². The first kappa shape index (κ1) is 14.1. The number of hydrogen-bond donors (Lipinski definition) is 2. The van der Waals surface area contributed by atoms with E-state index in [0.29, 0.717) is 5.56 Å². The van der Waals surface area contributed by atoms with E-state index in [9.17, 15) is 4.39 Å². The second kappa shape index (κ2) is 6.23. The number of benzene rings is 1. The van der Waals surface area contributed by atoms with E-state index < -0.39 is 5.82 Å². The summed E-state index contributed by atoms with van der Waals surface area (Å²) < 4.78 is 20.0. The Bertz CT molecular complexity index is 488. The molecule has 1 fully saturated rings. The molecule has 0 unspecified atom stereocenters. The van der Waals surface area contributed by atoms with E-state index in [4.69, 9.17) is 15.7 Å². The van der Waals surface area contributed by atoms with Crippen LogP contribution in [0.5, 0.6) is 5.75 Å². The summed E-state index contributed by atoms with van der Waals surface area (Å²) in [5.41, 5.74) is 5.76. The number of hydrogen-bond acceptors (Lipinski definition) is 3. The van der Waals surface area contributed by atoms with Crippen molar-refractivity contribution < 1.29 is 14.3 Å². The Morgan fingerprint density at radius 3 is 2.68 bits per heavy atom. The van der Waals surface area contributed by atoms with Crippen molar-refractivity contribution in [3.05, 3.63) is 28.0 Å². The van der Waals surface area contributed by atoms with Crippen LogP contribution in [-0.2, 0) is 0 Å². The van der Waals surface area contributed by atoms with Crippen molar-refractivity contribution in [1.82, 2.24) is 0 Å². The van der Waals surface area contributed by atoms with Crippen molar-refractivity contribution in [1.29, 1.82) is 0 Å². The smallest absolute Gasteiger partial charge is 0.179 e. The molecule has 0 amide bonds. The standard InChI is InChI=1S/C13H16BrFN2O2/c14-11-9(13(16)17-18)6-7-10(12(11)15)19-8-4-2-1-3-5-8/h6-8,18H,1-5H2,(H2,16,17). The van der Waals surface area contributed by atoms with E-state index in [-0.39, 0.29) is 22.2 Å². The van der Waals surface area contributed by atoms with Gasteiger partial charge >= 0.3 is 0 Å². The first-order valence-corrected chi connectivity index (χ1v) is 7.05. The van der Waals surface area contributed by atoms with Gasteiger partial charge in [0.2, 0.25) is 0 Å². The Kier molecular flexibility index (Phi) is 4.63. The predicted octanol–water partition coefficient (Wildman–Crippen LogP) is 3.39. The van der Waals surface area contributed by atoms with Crippen molar-refractivity contribution in [2.75, 3.05) is 0 Å². The normalized spacial score (nSPS) is 17.5. The van der Waals surface area contributed by atoms with Crippen molar-refractivity contribution >= 4 is 21.8 Å². The lowest BCUT2D eigenvalue weighted by Gasteiger charge is -2.23. The molecule has 19 heavy (non-hydrogen) atoms. The molecule has 0 bridgehead atoms. The van der Waals surface area contributed by atoms with Crippen LogP contribution in [0, 0.1) is 5.82 Å². The van der Waals surface area contributed by atoms with E-state index in [1.54, 1.807) is 6.07 Å². The van der Waals surface area contributed by atoms with E-state index in [1.165, 1.54) is 12.5 Å². The molecule has 1 aliphatic carbocycles. The summed E-state index contributed by atoms with van der Waals surface area (Å²) in [6.45, 7) is 0. The quantitative estimate of drug-likeness (QED) is 0.386. The predicted molar refractivity (Wildman–Crippen MR) is 74.1 cm³/mol. The molecule has 0 heterocycles. The van der Waals surface area contributed by atoms with Crippen LogP contribution in [0.3, 0.4) is 0 Å². The van der Waals surface area contributed by atoms with Gasteiger partial charge in [-0.05, 0) is 53.7 Å². The minimum Gasteiger partial charge on any atom is -0.487 e. The number of oxime groups is 1. The van der Waals surface area contributed by atoms with Gasteiger partial charge in [-0.15, -0.1) is 0 Å². The number of nitrogens with zero attached hydrogens (tertiary/aromatic N) is 1. The second-order valence-electron chi connectivity index (χ2n) is 4.60. The Balaban J connectivity index is 2.20. The molecule has 2 rings (SSSR count). The molecular formula is C13H16BrFN2O2. The summed E-state index contributed by atoms with van der Waals surface area (Å²) >= 11 is 3.11. The largest absolute Gasteiger partial charge is 0.487 e. The lowest BCUT2D eigenvalue weighted by Crippen LogP contribution is -2.21. The van der Waals surface area contributed by atoms with Gasteiger partial charge in [-0.2, -0.15) is 0 Å². The van der Waals surface area contributed by atoms with Crippen molar-refractivity contribution in [2.45, 2.75) is 38.2 Å². The number of rotatable bonds is 3. The van der Waals surface area contributed by atoms with Crippen molar-refractivity contribution in [3.63, 3.8) is 0 Å². The second-order valence-corrected chi connectivity index (χ2v) is 5.40. The maximum Gasteiger partial charge on any atom is 0.179 e. The topological polar surface area (TPSA) is 67.8 Å². The van der Waals surface area contributed by atoms with Crippen LogP contribution in [-0.4, -0.2) is 17.1 Å². The fraction of sp³-hybridized carbons (Fsp3) is 0.462. The molecule has 0 atom stereocenters. The average Bonchev–Trinajstić information content (AvgIpc) is 2.44. The van der Waals surface area contributed by atoms with Gasteiger partial charge in [0.05, 0.1) is 10.6 Å². The summed E-state index contributed by atoms with van der Waals surface area (Å²) in [5, 5.41) is 11.5. The highest BCUT2D eigenvalue weighted by Crippen LogP contribution is 2.31. The Morgan fingerprint density at radius 2 is 2.05 bits per heavy atom. The zero-order valence-corrected chi connectivity index (χ0v) is 12.0. The van der Waals surface area contributed by atoms with Gasteiger partial charge < -0.3 is 15.7 Å². The Labute approximate surface area is 119 Å². The molecular weight excluding hydrogens is 315 g/mol. The molecule has 1 aromatic rings. The van der Waals surface area contributed by atoms with E-state index in [2.05, 4.69) is 21.1 Å². The summed E-state index contributed by atoms with van der Waals surface area (Å²) in [5.74, 6) is -0.460. The highest BCUT2D eigenvalue weighted by Gasteiger charge is 2.19. The van der Waals surface area contributed by atoms with Gasteiger partial charge in [-0.25, -0.2) is 4.39 Å². The number of ether oxygens (including phenoxy) is 1. The molecule has 6 heteroatoms. The fourth-order valence-corrected chi connectivity index (χ4v) is 2.77. The van der Waals surface area contributed by atoms with Gasteiger partial charge in [0.15, 0.2) is 17.4 Å². The molecule has 1 saturated carbocycles. The zero-order valence-electron chi connectivity index (χ0n) is 10.4. The minimum atomic E-state index is -0.519. The van der Waals surface area contributed by atoms with Crippen LogP contribution >= 0.6 is 15.9 Å². The van der Waals surface area contributed by atoms with Crippen LogP contribution in [0.2, 0.25) is 0 Å². The van der Waals surface area contributed by atoms with E-state index in [1.807, 2.05) is 0 Å². The maximum atomic E-state index is 14.1. The maximum absolute atomic E-state index is 14.1. The van der Waals surface area contributed by atoms with Gasteiger partial charge in [0.25, 0.3) is 0 Å². The molecule has 0 aromatic heterocycles. The number of nitrogens with two attached hydrogens (primary N) is 1. The first-order valence-electron chi connectivity index (χ1n) is 6.26. The third-order valence-corrected chi connectivity index (χ3v) is 4.05. The summed E-state index contributed by atoms with van der Waals surface area (Å²) in [6, 6.07) is 3.09. The molecule has 4 nitrogen and oxygen atoms in total. The van der Waals surface area contributed by atoms with Gasteiger partial charge in [0, 0.05) is 5.56 Å². The van der Waals surface area contributed by atoms with Crippen LogP contribution in [0.4, 0.5) is 4.39 Å². The SMILES string of the molecule is N/C(=N/O)c1ccc(OC2CCCCC2)c(F)c1Br. The van der Waals surface area contributed by atoms with E-state index >= 15 is 0 Å². The van der Waals surface area contributed by atoms with Gasteiger partial charge in [0.1, 0.15) is 0 Å². The summed E-state index contributed by atoms with van der Waals surface area (Å²) in [6.07, 6.45) is 5.45. The molecule has 0 saturated heterocycles. The molecule has 104 valence electrons. The van der Waals surface area contributed by atoms with E-state index in [0.717, 1.165) is 25.7 Å². The van der Waals surface area contributed by atoms with Crippen LogP contribution in [0.15, 0.2) is 21.8 Å². The van der Waals surface area contributed by atoms with Crippen molar-refractivity contribution in [2.24, 2.45) is 10.9 Å². The summed E-state index contributed by atoms with van der Waals surface area (Å²) in [7, 11) is 0. The molecule has 0 spiro atoms. The first-order chi connectivity index (χ1) is 9.13. The zero-order chi connectivity index (χ0) is 13.8. The molecule has 3 N–H and O–H groups in total. The lowest BCUT2D eigenvalue weighted by molar-refractivity contribution is 0.148. The van der Waals surface area contributed by atoms with Crippen molar-refractivity contribution in [3.8, 4) is 5.75 Å². The fourth-order valence-electron chi connectivity index (χ4n) is 2.24. The minimum absolute atomic E-state index is 0.0739. The number of halogens is 2. The Hall–Kier alpha value is -1.30. The third kappa shape index (κ3) is 3.18. The molecule has 0 aliphatic heterocycles. The lowest BCUT2D eigenvalue weighted by atomic mass is 9.98. The number of amidine groups is 1. The average molecular weight is 331 g/mol. The van der Waals surface area contributed by atoms with Crippen LogP contribution in [0.25, 0.3) is 0 Å². The monoisotopic (exact) mass is 330 g/mol. The highest BCUT2D eigenvalue weighted by molar-refractivity contribution is 9.10. The molecule has 0 radical (unpaired) electrons. The molecule has 1 aliphatic rings. The Morgan fingerprint density at radius 1 is 1.37 bits per heavy atom.